The summed E-state index contributed by atoms with van der Waals surface area (Å²) < 4.78 is 6.51. The predicted octanol–water partition coefficient (Wildman–Crippen LogP) is 2.09. The largest absolute Gasteiger partial charge is 0.493 e. The van der Waals surface area contributed by atoms with Gasteiger partial charge in [-0.15, -0.1) is 0 Å². The lowest BCUT2D eigenvalue weighted by molar-refractivity contribution is -0.122. The molecule has 2 N–H and O–H groups in total. The number of halogens is 1. The molecule has 1 amide bonds. The van der Waals surface area contributed by atoms with Crippen LogP contribution in [0.5, 0.6) is 5.75 Å². The molecule has 0 aromatic heterocycles. The Balaban J connectivity index is 1.66. The Bertz CT molecular complexity index is 420. The summed E-state index contributed by atoms with van der Waals surface area (Å²) in [6.45, 7) is 2.33. The van der Waals surface area contributed by atoms with Crippen LogP contribution in [-0.4, -0.2) is 31.6 Å². The molecular weight excluding hydrogens is 308 g/mol. The molecule has 19 heavy (non-hydrogen) atoms. The molecule has 1 saturated heterocycles. The second-order valence-corrected chi connectivity index (χ2v) is 5.58. The molecule has 4 nitrogen and oxygen atoms in total. The summed E-state index contributed by atoms with van der Waals surface area (Å²) in [6.07, 6.45) is 2.58. The van der Waals surface area contributed by atoms with Crippen LogP contribution in [0.15, 0.2) is 28.7 Å². The fraction of sp³-hybridized carbons (Fsp3) is 0.500. The topological polar surface area (TPSA) is 50.4 Å². The lowest BCUT2D eigenvalue weighted by Gasteiger charge is -2.23. The number of carbonyl (C=O) groups excluding carboxylic acids is 1. The molecule has 104 valence electrons. The summed E-state index contributed by atoms with van der Waals surface area (Å²) in [5.41, 5.74) is 0. The molecule has 0 saturated carbocycles. The first-order valence-corrected chi connectivity index (χ1v) is 7.42. The van der Waals surface area contributed by atoms with E-state index in [9.17, 15) is 4.79 Å². The van der Waals surface area contributed by atoms with Crippen molar-refractivity contribution in [3.8, 4) is 5.75 Å². The number of rotatable bonds is 5. The molecule has 1 atom stereocenters. The normalized spacial score (nSPS) is 18.9. The lowest BCUT2D eigenvalue weighted by atomic mass is 10.1. The van der Waals surface area contributed by atoms with Crippen molar-refractivity contribution in [2.24, 2.45) is 0 Å². The van der Waals surface area contributed by atoms with Crippen LogP contribution in [0.3, 0.4) is 0 Å². The van der Waals surface area contributed by atoms with Gasteiger partial charge in [-0.25, -0.2) is 0 Å². The third kappa shape index (κ3) is 5.20. The molecule has 1 heterocycles. The van der Waals surface area contributed by atoms with E-state index in [2.05, 4.69) is 26.6 Å². The maximum atomic E-state index is 11.7. The third-order valence-electron chi connectivity index (χ3n) is 3.06. The fourth-order valence-corrected chi connectivity index (χ4v) is 2.47. The molecule has 1 aromatic carbocycles. The molecule has 0 radical (unpaired) electrons. The average Bonchev–Trinajstić information content (AvgIpc) is 2.40. The van der Waals surface area contributed by atoms with E-state index >= 15 is 0 Å². The SMILES string of the molecule is O=C(CCOc1cccc(Br)c1)NC1CCCNC1. The Labute approximate surface area is 122 Å². The van der Waals surface area contributed by atoms with Crippen LogP contribution in [0, 0.1) is 0 Å². The standard InChI is InChI=1S/C14H19BrN2O2/c15-11-3-1-5-13(9-11)19-8-6-14(18)17-12-4-2-7-16-10-12/h1,3,5,9,12,16H,2,4,6-8,10H2,(H,17,18). The van der Waals surface area contributed by atoms with E-state index in [1.807, 2.05) is 24.3 Å². The lowest BCUT2D eigenvalue weighted by Crippen LogP contribution is -2.45. The first-order chi connectivity index (χ1) is 9.24. The Kier molecular flexibility index (Phi) is 5.66. The van der Waals surface area contributed by atoms with Crippen molar-refractivity contribution >= 4 is 21.8 Å². The van der Waals surface area contributed by atoms with Gasteiger partial charge >= 0.3 is 0 Å². The molecule has 0 aliphatic carbocycles. The van der Waals surface area contributed by atoms with E-state index in [-0.39, 0.29) is 11.9 Å². The fourth-order valence-electron chi connectivity index (χ4n) is 2.09. The molecule has 5 heteroatoms. The summed E-state index contributed by atoms with van der Waals surface area (Å²) in [7, 11) is 0. The first-order valence-electron chi connectivity index (χ1n) is 6.62. The Morgan fingerprint density at radius 2 is 2.42 bits per heavy atom. The Hall–Kier alpha value is -1.07. The third-order valence-corrected chi connectivity index (χ3v) is 3.55. The highest BCUT2D eigenvalue weighted by atomic mass is 79.9. The maximum Gasteiger partial charge on any atom is 0.223 e. The van der Waals surface area contributed by atoms with Crippen molar-refractivity contribution in [3.05, 3.63) is 28.7 Å². The summed E-state index contributed by atoms with van der Waals surface area (Å²) in [6, 6.07) is 7.89. The van der Waals surface area contributed by atoms with Gasteiger partial charge in [0.25, 0.3) is 0 Å². The number of hydrogen-bond acceptors (Lipinski definition) is 3. The highest BCUT2D eigenvalue weighted by molar-refractivity contribution is 9.10. The van der Waals surface area contributed by atoms with Gasteiger partial charge in [0.05, 0.1) is 13.0 Å². The van der Waals surface area contributed by atoms with Crippen LogP contribution in [0.1, 0.15) is 19.3 Å². The number of amides is 1. The van der Waals surface area contributed by atoms with Gasteiger partial charge in [0, 0.05) is 17.1 Å². The molecule has 1 aliphatic rings. The van der Waals surface area contributed by atoms with Crippen LogP contribution in [0.4, 0.5) is 0 Å². The van der Waals surface area contributed by atoms with Gasteiger partial charge in [-0.05, 0) is 37.6 Å². The van der Waals surface area contributed by atoms with E-state index in [1.54, 1.807) is 0 Å². The molecule has 0 spiro atoms. The van der Waals surface area contributed by atoms with Crippen molar-refractivity contribution in [2.45, 2.75) is 25.3 Å². The van der Waals surface area contributed by atoms with E-state index in [4.69, 9.17) is 4.74 Å². The van der Waals surface area contributed by atoms with Crippen molar-refractivity contribution in [3.63, 3.8) is 0 Å². The van der Waals surface area contributed by atoms with E-state index in [1.165, 1.54) is 0 Å². The highest BCUT2D eigenvalue weighted by Crippen LogP contribution is 2.17. The Morgan fingerprint density at radius 3 is 3.16 bits per heavy atom. The average molecular weight is 327 g/mol. The highest BCUT2D eigenvalue weighted by Gasteiger charge is 2.14. The second-order valence-electron chi connectivity index (χ2n) is 4.67. The van der Waals surface area contributed by atoms with E-state index in [0.29, 0.717) is 13.0 Å². The Morgan fingerprint density at radius 1 is 1.53 bits per heavy atom. The monoisotopic (exact) mass is 326 g/mol. The molecular formula is C14H19BrN2O2. The second kappa shape index (κ2) is 7.50. The summed E-state index contributed by atoms with van der Waals surface area (Å²) >= 11 is 3.38. The quantitative estimate of drug-likeness (QED) is 0.871. The zero-order valence-electron chi connectivity index (χ0n) is 10.8. The number of carbonyl (C=O) groups is 1. The molecule has 1 aromatic rings. The van der Waals surface area contributed by atoms with Crippen LogP contribution >= 0.6 is 15.9 Å². The van der Waals surface area contributed by atoms with Gasteiger partial charge in [0.1, 0.15) is 5.75 Å². The number of hydrogen-bond donors (Lipinski definition) is 2. The molecule has 0 bridgehead atoms. The van der Waals surface area contributed by atoms with Crippen molar-refractivity contribution < 1.29 is 9.53 Å². The zero-order valence-corrected chi connectivity index (χ0v) is 12.4. The van der Waals surface area contributed by atoms with Crippen molar-refractivity contribution in [1.82, 2.24) is 10.6 Å². The van der Waals surface area contributed by atoms with Crippen LogP contribution in [0.2, 0.25) is 0 Å². The van der Waals surface area contributed by atoms with E-state index in [0.717, 1.165) is 36.2 Å². The van der Waals surface area contributed by atoms with Gasteiger partial charge < -0.3 is 15.4 Å². The van der Waals surface area contributed by atoms with Crippen LogP contribution in [0.25, 0.3) is 0 Å². The summed E-state index contributed by atoms with van der Waals surface area (Å²) in [5.74, 6) is 0.838. The minimum Gasteiger partial charge on any atom is -0.493 e. The smallest absolute Gasteiger partial charge is 0.223 e. The molecule has 1 aliphatic heterocycles. The summed E-state index contributed by atoms with van der Waals surface area (Å²) in [4.78, 5) is 11.7. The van der Waals surface area contributed by atoms with Crippen LogP contribution in [-0.2, 0) is 4.79 Å². The number of nitrogens with one attached hydrogen (secondary N) is 2. The van der Waals surface area contributed by atoms with Crippen molar-refractivity contribution in [1.29, 1.82) is 0 Å². The number of ether oxygens (including phenoxy) is 1. The van der Waals surface area contributed by atoms with Gasteiger partial charge in [-0.1, -0.05) is 22.0 Å². The maximum absolute atomic E-state index is 11.7. The number of benzene rings is 1. The van der Waals surface area contributed by atoms with Gasteiger partial charge in [-0.3, -0.25) is 4.79 Å². The minimum absolute atomic E-state index is 0.0590. The first kappa shape index (κ1) is 14.3. The van der Waals surface area contributed by atoms with Crippen LogP contribution < -0.4 is 15.4 Å². The van der Waals surface area contributed by atoms with E-state index < -0.39 is 0 Å². The molecule has 1 fully saturated rings. The van der Waals surface area contributed by atoms with Gasteiger partial charge in [0.15, 0.2) is 0 Å². The van der Waals surface area contributed by atoms with Gasteiger partial charge in [0.2, 0.25) is 5.91 Å². The predicted molar refractivity (Wildman–Crippen MR) is 78.3 cm³/mol. The van der Waals surface area contributed by atoms with Gasteiger partial charge in [-0.2, -0.15) is 0 Å². The van der Waals surface area contributed by atoms with Crippen molar-refractivity contribution in [2.75, 3.05) is 19.7 Å². The minimum atomic E-state index is 0.0590. The zero-order chi connectivity index (χ0) is 13.5. The molecule has 1 unspecified atom stereocenters. The summed E-state index contributed by atoms with van der Waals surface area (Å²) in [5, 5.41) is 6.30. The number of piperidine rings is 1. The molecule has 2 rings (SSSR count).